The number of aromatic nitrogens is 5. The number of nitrogens with one attached hydrogen (secondary N) is 1. The van der Waals surface area contributed by atoms with Crippen molar-refractivity contribution in [2.75, 3.05) is 11.9 Å². The lowest BCUT2D eigenvalue weighted by Crippen LogP contribution is -2.24. The molecule has 0 aromatic carbocycles. The molecule has 0 spiro atoms. The lowest BCUT2D eigenvalue weighted by molar-refractivity contribution is -0.140. The lowest BCUT2D eigenvalue weighted by atomic mass is 10.1. The number of ether oxygens (including phenoxy) is 1. The summed E-state index contributed by atoms with van der Waals surface area (Å²) in [4.78, 5) is 22.3. The Morgan fingerprint density at radius 1 is 1.39 bits per heavy atom. The van der Waals surface area contributed by atoms with Crippen LogP contribution >= 0.6 is 11.5 Å². The Hall–Kier alpha value is -3.93. The number of amides is 1. The fourth-order valence-electron chi connectivity index (χ4n) is 3.68. The van der Waals surface area contributed by atoms with E-state index in [9.17, 15) is 18.0 Å². The zero-order chi connectivity index (χ0) is 25.8. The molecule has 0 saturated carbocycles. The molecule has 1 amide bonds. The van der Waals surface area contributed by atoms with Crippen molar-refractivity contribution in [3.63, 3.8) is 0 Å². The minimum absolute atomic E-state index is 0.0772. The van der Waals surface area contributed by atoms with Gasteiger partial charge in [0.2, 0.25) is 0 Å². The highest BCUT2D eigenvalue weighted by molar-refractivity contribution is 7.13. The number of anilines is 1. The molecular weight excluding hydrogens is 497 g/mol. The lowest BCUT2D eigenvalue weighted by Gasteiger charge is -2.12. The second kappa shape index (κ2) is 8.33. The Labute approximate surface area is 205 Å². The predicted molar refractivity (Wildman–Crippen MR) is 122 cm³/mol. The van der Waals surface area contributed by atoms with Crippen molar-refractivity contribution in [1.29, 1.82) is 5.26 Å². The first-order chi connectivity index (χ1) is 17.0. The molecule has 1 fully saturated rings. The molecule has 3 N–H and O–H groups in total. The maximum Gasteiger partial charge on any atom is 0.437 e. The fraction of sp³-hybridized carbons (Fsp3) is 0.273. The predicted octanol–water partition coefficient (Wildman–Crippen LogP) is 3.23. The van der Waals surface area contributed by atoms with E-state index < -0.39 is 29.2 Å². The van der Waals surface area contributed by atoms with Crippen LogP contribution in [-0.4, -0.2) is 36.6 Å². The average molecular weight is 514 g/mol. The van der Waals surface area contributed by atoms with E-state index in [1.807, 2.05) is 6.07 Å². The number of aryl methyl sites for hydroxylation is 1. The van der Waals surface area contributed by atoms with Crippen molar-refractivity contribution in [3.8, 4) is 6.07 Å². The fourth-order valence-corrected chi connectivity index (χ4v) is 4.49. The molecule has 1 unspecified atom stereocenters. The maximum absolute atomic E-state index is 13.9. The molecule has 14 heteroatoms. The summed E-state index contributed by atoms with van der Waals surface area (Å²) in [6.07, 6.45) is -3.52. The van der Waals surface area contributed by atoms with Gasteiger partial charge in [0, 0.05) is 11.6 Å². The zero-order valence-electron chi connectivity index (χ0n) is 18.8. The number of nitriles is 1. The number of alkyl halides is 3. The number of halogens is 3. The van der Waals surface area contributed by atoms with E-state index in [-0.39, 0.29) is 24.4 Å². The van der Waals surface area contributed by atoms with Gasteiger partial charge in [-0.1, -0.05) is 0 Å². The molecule has 184 valence electrons. The number of carbonyl (C=O) groups is 1. The van der Waals surface area contributed by atoms with Crippen LogP contribution < -0.4 is 11.1 Å². The first-order valence-electron chi connectivity index (χ1n) is 10.5. The van der Waals surface area contributed by atoms with Crippen LogP contribution in [0, 0.1) is 25.2 Å². The van der Waals surface area contributed by atoms with Gasteiger partial charge < -0.3 is 10.1 Å². The number of carbonyl (C=O) groups excluding carboxylic acids is 1. The summed E-state index contributed by atoms with van der Waals surface area (Å²) in [5, 5.41) is 15.4. The van der Waals surface area contributed by atoms with E-state index in [4.69, 9.17) is 15.7 Å². The molecule has 1 aliphatic heterocycles. The molecule has 0 bridgehead atoms. The molecule has 36 heavy (non-hydrogen) atoms. The van der Waals surface area contributed by atoms with Crippen LogP contribution in [0.5, 0.6) is 0 Å². The highest BCUT2D eigenvalue weighted by Crippen LogP contribution is 2.38. The number of hydrogen-bond donors (Lipinski definition) is 2. The van der Waals surface area contributed by atoms with Crippen LogP contribution in [0.3, 0.4) is 0 Å². The molecule has 1 atom stereocenters. The molecule has 0 radical (unpaired) electrons. The molecule has 10 nitrogen and oxygen atoms in total. The van der Waals surface area contributed by atoms with E-state index in [1.54, 1.807) is 6.92 Å². The van der Waals surface area contributed by atoms with Gasteiger partial charge in [-0.25, -0.2) is 4.98 Å². The van der Waals surface area contributed by atoms with Crippen molar-refractivity contribution >= 4 is 33.3 Å². The number of nitrogens with two attached hydrogens (primary N) is 1. The third-order valence-corrected chi connectivity index (χ3v) is 6.56. The highest BCUT2D eigenvalue weighted by atomic mass is 32.1. The molecular formula is C22H17F3N8O2S. The summed E-state index contributed by atoms with van der Waals surface area (Å²) in [7, 11) is 0. The number of hydrogen-bond acceptors (Lipinski definition) is 9. The minimum Gasteiger partial charge on any atom is -0.348 e. The van der Waals surface area contributed by atoms with Gasteiger partial charge in [-0.2, -0.15) is 27.9 Å². The average Bonchev–Trinajstić information content (AvgIpc) is 3.38. The van der Waals surface area contributed by atoms with Crippen LogP contribution in [0.4, 0.5) is 18.9 Å². The second-order valence-corrected chi connectivity index (χ2v) is 9.00. The van der Waals surface area contributed by atoms with E-state index in [1.165, 1.54) is 31.3 Å². The third-order valence-electron chi connectivity index (χ3n) is 5.73. The first-order valence-corrected chi connectivity index (χ1v) is 11.3. The molecule has 5 heterocycles. The van der Waals surface area contributed by atoms with E-state index in [2.05, 4.69) is 24.8 Å². The summed E-state index contributed by atoms with van der Waals surface area (Å²) in [6, 6.07) is 6.37. The summed E-state index contributed by atoms with van der Waals surface area (Å²) in [6.45, 7) is 3.20. The summed E-state index contributed by atoms with van der Waals surface area (Å²) >= 11 is 1.05. The minimum atomic E-state index is -4.83. The number of pyridine rings is 2. The summed E-state index contributed by atoms with van der Waals surface area (Å²) < 4.78 is 52.2. The van der Waals surface area contributed by atoms with Gasteiger partial charge in [0.25, 0.3) is 5.91 Å². The van der Waals surface area contributed by atoms with Crippen LogP contribution in [0.15, 0.2) is 24.4 Å². The topological polar surface area (TPSA) is 148 Å². The van der Waals surface area contributed by atoms with Crippen LogP contribution in [0.2, 0.25) is 0 Å². The number of rotatable bonds is 5. The first kappa shape index (κ1) is 23.8. The smallest absolute Gasteiger partial charge is 0.348 e. The van der Waals surface area contributed by atoms with E-state index in [0.717, 1.165) is 16.2 Å². The Bertz CT molecular complexity index is 1550. The van der Waals surface area contributed by atoms with Gasteiger partial charge in [-0.05, 0) is 43.6 Å². The SMILES string of the molecule is Cc1nsc2nc(C3(N)CO3)cc(C(=O)Nc3c(C(F)(F)F)nn(Cc4ccc(C#N)cn4)c3C)c12. The Balaban J connectivity index is 1.54. The standard InChI is InChI=1S/C22H17F3N8O2S/c1-10-16-14(5-15(21(27)9-35-21)29-20(16)36-32-10)19(34)30-17-11(2)33(31-18(17)22(23,24)25)8-13-4-3-12(6-26)7-28-13/h3-5,7H,8-9,27H2,1-2H3,(H,30,34). The van der Waals surface area contributed by atoms with E-state index in [0.29, 0.717) is 32.9 Å². The molecule has 0 aliphatic carbocycles. The van der Waals surface area contributed by atoms with Gasteiger partial charge in [0.1, 0.15) is 10.9 Å². The number of nitrogens with zero attached hydrogens (tertiary/aromatic N) is 6. The quantitative estimate of drug-likeness (QED) is 0.386. The highest BCUT2D eigenvalue weighted by Gasteiger charge is 2.45. The number of epoxide rings is 1. The monoisotopic (exact) mass is 514 g/mol. The van der Waals surface area contributed by atoms with Crippen molar-refractivity contribution in [2.24, 2.45) is 5.73 Å². The molecule has 1 aliphatic rings. The van der Waals surface area contributed by atoms with Gasteiger partial charge >= 0.3 is 6.18 Å². The Morgan fingerprint density at radius 3 is 2.75 bits per heavy atom. The van der Waals surface area contributed by atoms with Crippen LogP contribution in [0.1, 0.15) is 44.4 Å². The van der Waals surface area contributed by atoms with Crippen LogP contribution in [0.25, 0.3) is 10.2 Å². The van der Waals surface area contributed by atoms with E-state index >= 15 is 0 Å². The van der Waals surface area contributed by atoms with Crippen molar-refractivity contribution in [3.05, 3.63) is 64.0 Å². The van der Waals surface area contributed by atoms with Crippen molar-refractivity contribution in [1.82, 2.24) is 24.1 Å². The summed E-state index contributed by atoms with van der Waals surface area (Å²) in [5.74, 6) is -0.791. The molecule has 5 rings (SSSR count). The second-order valence-electron chi connectivity index (χ2n) is 8.25. The Morgan fingerprint density at radius 2 is 2.14 bits per heavy atom. The zero-order valence-corrected chi connectivity index (χ0v) is 19.7. The third kappa shape index (κ3) is 4.17. The maximum atomic E-state index is 13.9. The van der Waals surface area contributed by atoms with Gasteiger partial charge in [0.15, 0.2) is 11.4 Å². The van der Waals surface area contributed by atoms with Gasteiger partial charge in [0.05, 0.1) is 52.7 Å². The largest absolute Gasteiger partial charge is 0.437 e. The van der Waals surface area contributed by atoms with Gasteiger partial charge in [-0.15, -0.1) is 0 Å². The van der Waals surface area contributed by atoms with Crippen LogP contribution in [-0.2, 0) is 23.2 Å². The van der Waals surface area contributed by atoms with Crippen molar-refractivity contribution < 1.29 is 22.7 Å². The summed E-state index contributed by atoms with van der Waals surface area (Å²) in [5.41, 5.74) is 4.88. The molecule has 4 aromatic heterocycles. The van der Waals surface area contributed by atoms with Gasteiger partial charge in [-0.3, -0.25) is 20.2 Å². The Kier molecular flexibility index (Phi) is 5.51. The normalized spacial score (nSPS) is 17.2. The van der Waals surface area contributed by atoms with Crippen molar-refractivity contribution in [2.45, 2.75) is 32.3 Å². The molecule has 4 aromatic rings. The number of fused-ring (bicyclic) bond motifs is 1. The molecule has 1 saturated heterocycles.